The number of para-hydroxylation sites is 1. The second-order valence-electron chi connectivity index (χ2n) is 10.2. The average Bonchev–Trinajstić information content (AvgIpc) is 2.93. The molecule has 3 aromatic carbocycles. The summed E-state index contributed by atoms with van der Waals surface area (Å²) in [4.78, 5) is 54.2. The van der Waals surface area contributed by atoms with Gasteiger partial charge in [-0.1, -0.05) is 73.3 Å². The van der Waals surface area contributed by atoms with Crippen LogP contribution < -0.4 is 5.32 Å². The number of halogens is 1. The Labute approximate surface area is 241 Å². The molecule has 4 unspecified atom stereocenters. The van der Waals surface area contributed by atoms with Gasteiger partial charge in [0.15, 0.2) is 11.2 Å². The number of carbonyl (C=O) groups excluding carboxylic acids is 3. The summed E-state index contributed by atoms with van der Waals surface area (Å²) in [6, 6.07) is 19.6. The number of carboxylic acids is 1. The highest BCUT2D eigenvalue weighted by Gasteiger charge is 2.73. The smallest absolute Gasteiger partial charge is 0.334 e. The SMILES string of the molecule is C=C(C)C(=O)OC12c3ccccc3C(OC(=O)C(=C)C)(c3ccc(Cl)cc31)C(C(=O)Nc1ccccc1)C2C(=O)O. The van der Waals surface area contributed by atoms with Crippen LogP contribution in [0.3, 0.4) is 0 Å². The van der Waals surface area contributed by atoms with Crippen molar-refractivity contribution in [2.75, 3.05) is 5.32 Å². The zero-order chi connectivity index (χ0) is 29.7. The Kier molecular flexibility index (Phi) is 6.83. The molecule has 2 bridgehead atoms. The van der Waals surface area contributed by atoms with Crippen molar-refractivity contribution in [3.05, 3.63) is 124 Å². The van der Waals surface area contributed by atoms with Gasteiger partial charge in [0, 0.05) is 44.1 Å². The van der Waals surface area contributed by atoms with Crippen LogP contribution in [-0.2, 0) is 39.9 Å². The maximum absolute atomic E-state index is 14.3. The minimum absolute atomic E-state index is 0.0194. The van der Waals surface area contributed by atoms with Crippen LogP contribution in [0.2, 0.25) is 5.02 Å². The van der Waals surface area contributed by atoms with Gasteiger partial charge in [0.25, 0.3) is 0 Å². The van der Waals surface area contributed by atoms with Crippen LogP contribution in [0.1, 0.15) is 36.1 Å². The van der Waals surface area contributed by atoms with Crippen molar-refractivity contribution in [3.63, 3.8) is 0 Å². The molecular formula is C32H26ClNO7. The molecule has 9 heteroatoms. The molecule has 0 spiro atoms. The number of nitrogens with one attached hydrogen (secondary N) is 1. The second-order valence-corrected chi connectivity index (χ2v) is 10.6. The maximum atomic E-state index is 14.3. The van der Waals surface area contributed by atoms with Crippen molar-refractivity contribution in [3.8, 4) is 0 Å². The summed E-state index contributed by atoms with van der Waals surface area (Å²) in [5.41, 5.74) is -2.55. The Hall–Kier alpha value is -4.69. The molecule has 0 radical (unpaired) electrons. The van der Waals surface area contributed by atoms with E-state index in [9.17, 15) is 24.3 Å². The number of amides is 1. The molecule has 0 aliphatic heterocycles. The molecule has 4 atom stereocenters. The first kappa shape index (κ1) is 27.9. The van der Waals surface area contributed by atoms with E-state index < -0.39 is 46.9 Å². The van der Waals surface area contributed by atoms with E-state index in [-0.39, 0.29) is 32.9 Å². The summed E-state index contributed by atoms with van der Waals surface area (Å²) < 4.78 is 12.3. The van der Waals surface area contributed by atoms with Gasteiger partial charge in [-0.2, -0.15) is 0 Å². The molecule has 3 aromatic rings. The molecule has 0 saturated carbocycles. The fraction of sp³-hybridized carbons (Fsp3) is 0.188. The average molecular weight is 572 g/mol. The number of benzene rings is 3. The molecule has 2 N–H and O–H groups in total. The van der Waals surface area contributed by atoms with Gasteiger partial charge < -0.3 is 19.9 Å². The first-order chi connectivity index (χ1) is 19.4. The molecule has 8 nitrogen and oxygen atoms in total. The van der Waals surface area contributed by atoms with Gasteiger partial charge in [-0.15, -0.1) is 0 Å². The van der Waals surface area contributed by atoms with E-state index in [4.69, 9.17) is 21.1 Å². The fourth-order valence-electron chi connectivity index (χ4n) is 5.92. The summed E-state index contributed by atoms with van der Waals surface area (Å²) >= 11 is 6.43. The first-order valence-corrected chi connectivity index (χ1v) is 13.1. The van der Waals surface area contributed by atoms with Crippen molar-refractivity contribution in [2.45, 2.75) is 25.0 Å². The van der Waals surface area contributed by atoms with E-state index in [1.807, 2.05) is 0 Å². The van der Waals surface area contributed by atoms with E-state index in [1.54, 1.807) is 60.7 Å². The number of hydrogen-bond acceptors (Lipinski definition) is 6. The summed E-state index contributed by atoms with van der Waals surface area (Å²) in [6.45, 7) is 10.3. The third-order valence-electron chi connectivity index (χ3n) is 7.51. The molecule has 0 fully saturated rings. The van der Waals surface area contributed by atoms with Crippen molar-refractivity contribution >= 4 is 41.1 Å². The number of esters is 2. The van der Waals surface area contributed by atoms with Crippen molar-refractivity contribution in [1.29, 1.82) is 0 Å². The van der Waals surface area contributed by atoms with Crippen molar-refractivity contribution in [1.82, 2.24) is 0 Å². The van der Waals surface area contributed by atoms with Crippen LogP contribution >= 0.6 is 11.6 Å². The lowest BCUT2D eigenvalue weighted by molar-refractivity contribution is -0.200. The molecule has 6 rings (SSSR count). The van der Waals surface area contributed by atoms with E-state index in [2.05, 4.69) is 18.5 Å². The van der Waals surface area contributed by atoms with Crippen LogP contribution in [0.4, 0.5) is 5.69 Å². The summed E-state index contributed by atoms with van der Waals surface area (Å²) in [6.07, 6.45) is 0. The maximum Gasteiger partial charge on any atom is 0.334 e. The Morgan fingerprint density at radius 3 is 1.76 bits per heavy atom. The quantitative estimate of drug-likeness (QED) is 0.290. The minimum Gasteiger partial charge on any atom is -0.481 e. The van der Waals surface area contributed by atoms with Gasteiger partial charge in [0.1, 0.15) is 11.8 Å². The van der Waals surface area contributed by atoms with E-state index in [1.165, 1.54) is 26.0 Å². The third-order valence-corrected chi connectivity index (χ3v) is 7.75. The predicted octanol–water partition coefficient (Wildman–Crippen LogP) is 5.35. The Morgan fingerprint density at radius 2 is 1.24 bits per heavy atom. The molecule has 1 amide bonds. The standard InChI is InChI=1S/C32H26ClNO7/c1-17(2)29(38)40-31-21-12-8-9-13-22(21)32(41-30(39)18(3)4,24-16-19(33)14-15-23(24)31)26(28(36)37)25(31)27(35)34-20-10-6-5-7-11-20/h5-16,25-26H,1,3H2,2,4H3,(H,34,35)(H,36,37). The molecule has 0 heterocycles. The molecule has 0 aromatic heterocycles. The molecule has 41 heavy (non-hydrogen) atoms. The summed E-state index contributed by atoms with van der Waals surface area (Å²) in [7, 11) is 0. The normalized spacial score (nSPS) is 23.4. The third kappa shape index (κ3) is 4.14. The lowest BCUT2D eigenvalue weighted by Gasteiger charge is -2.59. The lowest BCUT2D eigenvalue weighted by Crippen LogP contribution is -2.67. The monoisotopic (exact) mass is 571 g/mol. The first-order valence-electron chi connectivity index (χ1n) is 12.7. The molecule has 0 saturated heterocycles. The highest BCUT2D eigenvalue weighted by Crippen LogP contribution is 2.66. The summed E-state index contributed by atoms with van der Waals surface area (Å²) in [5.74, 6) is -7.28. The topological polar surface area (TPSA) is 119 Å². The van der Waals surface area contributed by atoms with Crippen molar-refractivity contribution < 1.29 is 33.8 Å². The Morgan fingerprint density at radius 1 is 0.756 bits per heavy atom. The van der Waals surface area contributed by atoms with Crippen LogP contribution in [-0.4, -0.2) is 28.9 Å². The number of ether oxygens (including phenoxy) is 2. The number of anilines is 1. The van der Waals surface area contributed by atoms with Crippen LogP contribution in [0.25, 0.3) is 0 Å². The van der Waals surface area contributed by atoms with Gasteiger partial charge in [0.05, 0.1) is 0 Å². The molecule has 3 aliphatic carbocycles. The molecule has 3 aliphatic rings. The van der Waals surface area contributed by atoms with Gasteiger partial charge in [-0.25, -0.2) is 9.59 Å². The highest BCUT2D eigenvalue weighted by atomic mass is 35.5. The lowest BCUT2D eigenvalue weighted by atomic mass is 9.49. The van der Waals surface area contributed by atoms with Gasteiger partial charge in [0.2, 0.25) is 5.91 Å². The number of carboxylic acid groups (broad SMARTS) is 1. The zero-order valence-electron chi connectivity index (χ0n) is 22.3. The van der Waals surface area contributed by atoms with Gasteiger partial charge in [-0.3, -0.25) is 9.59 Å². The van der Waals surface area contributed by atoms with Gasteiger partial charge in [-0.05, 0) is 38.1 Å². The van der Waals surface area contributed by atoms with Crippen LogP contribution in [0.15, 0.2) is 97.1 Å². The van der Waals surface area contributed by atoms with E-state index in [0.29, 0.717) is 11.3 Å². The largest absolute Gasteiger partial charge is 0.481 e. The van der Waals surface area contributed by atoms with Gasteiger partial charge >= 0.3 is 17.9 Å². The predicted molar refractivity (Wildman–Crippen MR) is 151 cm³/mol. The van der Waals surface area contributed by atoms with Crippen molar-refractivity contribution in [2.24, 2.45) is 11.8 Å². The minimum atomic E-state index is -2.03. The zero-order valence-corrected chi connectivity index (χ0v) is 23.0. The second kappa shape index (κ2) is 10.1. The molecule has 208 valence electrons. The van der Waals surface area contributed by atoms with E-state index >= 15 is 0 Å². The number of rotatable bonds is 7. The van der Waals surface area contributed by atoms with E-state index in [0.717, 1.165) is 0 Å². The summed E-state index contributed by atoms with van der Waals surface area (Å²) in [5, 5.41) is 13.8. The fourth-order valence-corrected chi connectivity index (χ4v) is 6.09. The Balaban J connectivity index is 1.92. The Bertz CT molecular complexity index is 1650. The number of fused-ring (bicyclic) bond motifs is 1. The van der Waals surface area contributed by atoms with Crippen LogP contribution in [0.5, 0.6) is 0 Å². The number of hydrogen-bond donors (Lipinski definition) is 2. The number of carbonyl (C=O) groups is 4. The number of aliphatic carboxylic acids is 1. The van der Waals surface area contributed by atoms with Crippen LogP contribution in [0, 0.1) is 11.8 Å². The highest BCUT2D eigenvalue weighted by molar-refractivity contribution is 6.30. The molecular weight excluding hydrogens is 546 g/mol.